The second-order valence-electron chi connectivity index (χ2n) is 3.37. The van der Waals surface area contributed by atoms with Crippen LogP contribution < -0.4 is 0 Å². The number of aromatic nitrogens is 1. The van der Waals surface area contributed by atoms with Gasteiger partial charge in [-0.3, -0.25) is 0 Å². The Labute approximate surface area is 87.9 Å². The van der Waals surface area contributed by atoms with Gasteiger partial charge in [0.25, 0.3) is 5.35 Å². The van der Waals surface area contributed by atoms with E-state index in [1.807, 2.05) is 12.1 Å². The van der Waals surface area contributed by atoms with Crippen molar-refractivity contribution < 1.29 is 4.42 Å². The molecule has 1 heterocycles. The molecule has 0 bridgehead atoms. The highest BCUT2D eigenvalue weighted by Crippen LogP contribution is 2.20. The maximum atomic E-state index is 5.66. The lowest BCUT2D eigenvalue weighted by Crippen LogP contribution is -1.83. The number of benzene rings is 1. The molecular formula is C11H12ClNO. The van der Waals surface area contributed by atoms with Gasteiger partial charge in [-0.15, -0.1) is 0 Å². The number of hydrogen-bond donors (Lipinski definition) is 0. The van der Waals surface area contributed by atoms with Crippen LogP contribution in [0.1, 0.15) is 25.3 Å². The average Bonchev–Trinajstić information content (AvgIpc) is 2.54. The standard InChI is InChI=1S/C11H12ClNO/c1-2-3-4-8-5-6-10-9(7-8)13-11(12)14-10/h5-7H,2-4H2,1H3. The van der Waals surface area contributed by atoms with E-state index < -0.39 is 0 Å². The summed E-state index contributed by atoms with van der Waals surface area (Å²) in [5, 5.41) is 0.215. The molecule has 0 spiro atoms. The first-order valence-corrected chi connectivity index (χ1v) is 5.22. The van der Waals surface area contributed by atoms with Crippen molar-refractivity contribution >= 4 is 22.7 Å². The second-order valence-corrected chi connectivity index (χ2v) is 3.70. The molecule has 3 heteroatoms. The van der Waals surface area contributed by atoms with Crippen LogP contribution in [0.25, 0.3) is 11.1 Å². The van der Waals surface area contributed by atoms with Crippen molar-refractivity contribution in [2.45, 2.75) is 26.2 Å². The first kappa shape index (κ1) is 9.53. The van der Waals surface area contributed by atoms with Crippen molar-refractivity contribution in [2.24, 2.45) is 0 Å². The van der Waals surface area contributed by atoms with Gasteiger partial charge in [0.05, 0.1) is 0 Å². The molecular weight excluding hydrogens is 198 g/mol. The molecule has 2 rings (SSSR count). The fourth-order valence-corrected chi connectivity index (χ4v) is 1.66. The van der Waals surface area contributed by atoms with Crippen molar-refractivity contribution in [3.8, 4) is 0 Å². The van der Waals surface area contributed by atoms with E-state index in [1.165, 1.54) is 18.4 Å². The summed E-state index contributed by atoms with van der Waals surface area (Å²) in [5.41, 5.74) is 2.91. The van der Waals surface area contributed by atoms with E-state index >= 15 is 0 Å². The lowest BCUT2D eigenvalue weighted by Gasteiger charge is -1.97. The van der Waals surface area contributed by atoms with Crippen LogP contribution in [0, 0.1) is 0 Å². The van der Waals surface area contributed by atoms with Crippen LogP contribution in [0.3, 0.4) is 0 Å². The Morgan fingerprint density at radius 2 is 2.29 bits per heavy atom. The van der Waals surface area contributed by atoms with Gasteiger partial charge in [0.15, 0.2) is 5.58 Å². The quantitative estimate of drug-likeness (QED) is 0.768. The van der Waals surface area contributed by atoms with Gasteiger partial charge in [-0.05, 0) is 42.1 Å². The Bertz CT molecular complexity index is 436. The molecule has 74 valence electrons. The monoisotopic (exact) mass is 209 g/mol. The molecule has 1 aromatic heterocycles. The maximum Gasteiger partial charge on any atom is 0.293 e. The predicted octanol–water partition coefficient (Wildman–Crippen LogP) is 3.82. The number of fused-ring (bicyclic) bond motifs is 1. The Balaban J connectivity index is 2.31. The largest absolute Gasteiger partial charge is 0.428 e. The normalized spacial score (nSPS) is 11.0. The minimum absolute atomic E-state index is 0.215. The summed E-state index contributed by atoms with van der Waals surface area (Å²) in [7, 11) is 0. The summed E-state index contributed by atoms with van der Waals surface area (Å²) < 4.78 is 5.18. The number of halogens is 1. The zero-order chi connectivity index (χ0) is 9.97. The number of hydrogen-bond acceptors (Lipinski definition) is 2. The van der Waals surface area contributed by atoms with Crippen LogP contribution in [0.4, 0.5) is 0 Å². The zero-order valence-electron chi connectivity index (χ0n) is 8.09. The van der Waals surface area contributed by atoms with Gasteiger partial charge in [0.2, 0.25) is 0 Å². The molecule has 0 unspecified atom stereocenters. The van der Waals surface area contributed by atoms with E-state index in [0.717, 1.165) is 17.5 Å². The van der Waals surface area contributed by atoms with Gasteiger partial charge in [-0.2, -0.15) is 4.98 Å². The topological polar surface area (TPSA) is 26.0 Å². The Morgan fingerprint density at radius 3 is 3.07 bits per heavy atom. The van der Waals surface area contributed by atoms with Gasteiger partial charge in [-0.25, -0.2) is 0 Å². The molecule has 0 saturated carbocycles. The fourth-order valence-electron chi connectivity index (χ4n) is 1.48. The molecule has 0 atom stereocenters. The van der Waals surface area contributed by atoms with Crippen molar-refractivity contribution in [1.82, 2.24) is 4.98 Å². The molecule has 0 N–H and O–H groups in total. The summed E-state index contributed by atoms with van der Waals surface area (Å²) in [5.74, 6) is 0. The van der Waals surface area contributed by atoms with Crippen LogP contribution in [-0.2, 0) is 6.42 Å². The van der Waals surface area contributed by atoms with E-state index in [2.05, 4.69) is 18.0 Å². The number of aryl methyl sites for hydroxylation is 1. The molecule has 14 heavy (non-hydrogen) atoms. The molecule has 0 saturated heterocycles. The lowest BCUT2D eigenvalue weighted by molar-refractivity contribution is 0.604. The molecule has 0 fully saturated rings. The molecule has 0 amide bonds. The van der Waals surface area contributed by atoms with E-state index in [4.69, 9.17) is 16.0 Å². The van der Waals surface area contributed by atoms with Crippen molar-refractivity contribution in [1.29, 1.82) is 0 Å². The Kier molecular flexibility index (Phi) is 2.73. The van der Waals surface area contributed by atoms with Crippen LogP contribution in [-0.4, -0.2) is 4.98 Å². The zero-order valence-corrected chi connectivity index (χ0v) is 8.84. The first-order chi connectivity index (χ1) is 6.79. The highest BCUT2D eigenvalue weighted by molar-refractivity contribution is 6.28. The minimum Gasteiger partial charge on any atom is -0.428 e. The van der Waals surface area contributed by atoms with E-state index in [1.54, 1.807) is 0 Å². The number of nitrogens with zero attached hydrogens (tertiary/aromatic N) is 1. The third-order valence-electron chi connectivity index (χ3n) is 2.24. The number of rotatable bonds is 3. The number of oxazole rings is 1. The smallest absolute Gasteiger partial charge is 0.293 e. The van der Waals surface area contributed by atoms with Gasteiger partial charge in [0.1, 0.15) is 5.52 Å². The van der Waals surface area contributed by atoms with E-state index in [9.17, 15) is 0 Å². The van der Waals surface area contributed by atoms with Gasteiger partial charge < -0.3 is 4.42 Å². The molecule has 0 radical (unpaired) electrons. The molecule has 0 aliphatic carbocycles. The Hall–Kier alpha value is -1.02. The predicted molar refractivity (Wildman–Crippen MR) is 57.6 cm³/mol. The van der Waals surface area contributed by atoms with Gasteiger partial charge in [0, 0.05) is 0 Å². The summed E-state index contributed by atoms with van der Waals surface area (Å²) in [6.07, 6.45) is 3.51. The number of unbranched alkanes of at least 4 members (excludes halogenated alkanes) is 1. The van der Waals surface area contributed by atoms with Crippen molar-refractivity contribution in [3.05, 3.63) is 29.1 Å². The fraction of sp³-hybridized carbons (Fsp3) is 0.364. The molecule has 0 aliphatic heterocycles. The molecule has 1 aromatic carbocycles. The summed E-state index contributed by atoms with van der Waals surface area (Å²) >= 11 is 5.66. The highest BCUT2D eigenvalue weighted by Gasteiger charge is 2.03. The second kappa shape index (κ2) is 4.01. The average molecular weight is 210 g/mol. The summed E-state index contributed by atoms with van der Waals surface area (Å²) in [6.45, 7) is 2.19. The van der Waals surface area contributed by atoms with Crippen LogP contribution in [0.5, 0.6) is 0 Å². The van der Waals surface area contributed by atoms with Crippen LogP contribution in [0.2, 0.25) is 5.35 Å². The van der Waals surface area contributed by atoms with E-state index in [0.29, 0.717) is 0 Å². The molecule has 2 aromatic rings. The summed E-state index contributed by atoms with van der Waals surface area (Å²) in [6, 6.07) is 6.04. The van der Waals surface area contributed by atoms with Crippen molar-refractivity contribution in [2.75, 3.05) is 0 Å². The third-order valence-corrected chi connectivity index (χ3v) is 2.41. The SMILES string of the molecule is CCCCc1ccc2oc(Cl)nc2c1. The highest BCUT2D eigenvalue weighted by atomic mass is 35.5. The third kappa shape index (κ3) is 1.90. The molecule has 0 aliphatic rings. The van der Waals surface area contributed by atoms with Gasteiger partial charge >= 0.3 is 0 Å². The minimum atomic E-state index is 0.215. The van der Waals surface area contributed by atoms with Crippen LogP contribution in [0.15, 0.2) is 22.6 Å². The maximum absolute atomic E-state index is 5.66. The summed E-state index contributed by atoms with van der Waals surface area (Å²) in [4.78, 5) is 4.08. The molecule has 2 nitrogen and oxygen atoms in total. The van der Waals surface area contributed by atoms with Crippen molar-refractivity contribution in [3.63, 3.8) is 0 Å². The lowest BCUT2D eigenvalue weighted by atomic mass is 10.1. The van der Waals surface area contributed by atoms with Crippen LogP contribution >= 0.6 is 11.6 Å². The van der Waals surface area contributed by atoms with Gasteiger partial charge in [-0.1, -0.05) is 19.4 Å². The van der Waals surface area contributed by atoms with E-state index in [-0.39, 0.29) is 5.35 Å². The Morgan fingerprint density at radius 1 is 1.43 bits per heavy atom. The first-order valence-electron chi connectivity index (χ1n) is 4.84.